The van der Waals surface area contributed by atoms with E-state index in [1.807, 2.05) is 58.0 Å². The topological polar surface area (TPSA) is 40.5 Å². The van der Waals surface area contributed by atoms with Gasteiger partial charge in [0, 0.05) is 5.92 Å². The molecule has 0 radical (unpaired) electrons. The van der Waals surface area contributed by atoms with Crippen molar-refractivity contribution >= 4 is 0 Å². The monoisotopic (exact) mass is 236 g/mol. The van der Waals surface area contributed by atoms with Gasteiger partial charge in [0.15, 0.2) is 0 Å². The van der Waals surface area contributed by atoms with Gasteiger partial charge in [0.1, 0.15) is 0 Å². The summed E-state index contributed by atoms with van der Waals surface area (Å²) in [6, 6.07) is 9.54. The van der Waals surface area contributed by atoms with Crippen molar-refractivity contribution in [1.29, 1.82) is 0 Å². The molecular weight excluding hydrogens is 212 g/mol. The van der Waals surface area contributed by atoms with Gasteiger partial charge in [-0.3, -0.25) is 0 Å². The summed E-state index contributed by atoms with van der Waals surface area (Å²) in [5.74, 6) is -0.0595. The summed E-state index contributed by atoms with van der Waals surface area (Å²) >= 11 is 0. The zero-order valence-corrected chi connectivity index (χ0v) is 11.2. The van der Waals surface area contributed by atoms with Crippen LogP contribution in [-0.4, -0.2) is 15.8 Å². The van der Waals surface area contributed by atoms with Crippen LogP contribution in [0.3, 0.4) is 0 Å². The van der Waals surface area contributed by atoms with E-state index in [9.17, 15) is 10.2 Å². The van der Waals surface area contributed by atoms with Crippen LogP contribution in [0.5, 0.6) is 0 Å². The van der Waals surface area contributed by atoms with Gasteiger partial charge >= 0.3 is 0 Å². The number of benzene rings is 1. The molecular formula is C15H24O2. The molecule has 0 fully saturated rings. The average molecular weight is 236 g/mol. The van der Waals surface area contributed by atoms with Gasteiger partial charge in [-0.05, 0) is 17.9 Å². The lowest BCUT2D eigenvalue weighted by molar-refractivity contribution is -0.0982. The van der Waals surface area contributed by atoms with Crippen LogP contribution in [0.15, 0.2) is 30.3 Å². The first-order chi connectivity index (χ1) is 7.93. The van der Waals surface area contributed by atoms with Crippen molar-refractivity contribution in [1.82, 2.24) is 0 Å². The van der Waals surface area contributed by atoms with Crippen molar-refractivity contribution in [3.8, 4) is 0 Å². The molecule has 2 nitrogen and oxygen atoms in total. The quantitative estimate of drug-likeness (QED) is 0.824. The molecule has 0 aliphatic carbocycles. The maximum absolute atomic E-state index is 10.6. The minimum Gasteiger partial charge on any atom is -0.389 e. The predicted octanol–water partition coefficient (Wildman–Crippen LogP) is 3.15. The predicted molar refractivity (Wildman–Crippen MR) is 70.6 cm³/mol. The lowest BCUT2D eigenvalue weighted by atomic mass is 9.73. The van der Waals surface area contributed by atoms with Gasteiger partial charge in [-0.1, -0.05) is 58.0 Å². The summed E-state index contributed by atoms with van der Waals surface area (Å²) in [4.78, 5) is 0. The molecule has 96 valence electrons. The van der Waals surface area contributed by atoms with Crippen LogP contribution in [0, 0.1) is 11.8 Å². The lowest BCUT2D eigenvalue weighted by Crippen LogP contribution is -2.43. The van der Waals surface area contributed by atoms with Crippen molar-refractivity contribution in [3.63, 3.8) is 0 Å². The van der Waals surface area contributed by atoms with Gasteiger partial charge in [-0.2, -0.15) is 0 Å². The molecule has 0 aliphatic heterocycles. The third-order valence-corrected chi connectivity index (χ3v) is 3.97. The normalized spacial score (nSPS) is 18.8. The minimum absolute atomic E-state index is 0.126. The first kappa shape index (κ1) is 14.2. The molecule has 0 heterocycles. The van der Waals surface area contributed by atoms with E-state index in [1.165, 1.54) is 0 Å². The first-order valence-corrected chi connectivity index (χ1v) is 6.38. The number of aliphatic hydroxyl groups excluding tert-OH is 1. The molecule has 0 amide bonds. The number of hydrogen-bond donors (Lipinski definition) is 2. The van der Waals surface area contributed by atoms with Crippen LogP contribution < -0.4 is 0 Å². The van der Waals surface area contributed by atoms with Crippen LogP contribution in [0.4, 0.5) is 0 Å². The van der Waals surface area contributed by atoms with Gasteiger partial charge in [-0.15, -0.1) is 0 Å². The Kier molecular flexibility index (Phi) is 4.72. The van der Waals surface area contributed by atoms with Crippen molar-refractivity contribution < 1.29 is 10.2 Å². The fourth-order valence-corrected chi connectivity index (χ4v) is 2.47. The highest BCUT2D eigenvalue weighted by atomic mass is 16.3. The SMILES string of the molecule is CC[C@](O)(C(C)C)[C@H](C)[C@@H](O)c1ccccc1. The number of aliphatic hydroxyl groups is 2. The largest absolute Gasteiger partial charge is 0.389 e. The standard InChI is InChI=1S/C15H24O2/c1-5-15(17,11(2)3)12(4)14(16)13-9-7-6-8-10-13/h6-12,14,16-17H,5H2,1-4H3/t12-,14-,15+/m1/s1. The third-order valence-electron chi connectivity index (χ3n) is 3.97. The first-order valence-electron chi connectivity index (χ1n) is 6.38. The summed E-state index contributed by atoms with van der Waals surface area (Å²) in [6.07, 6.45) is 0.0268. The second kappa shape index (κ2) is 5.65. The van der Waals surface area contributed by atoms with Crippen LogP contribution in [0.1, 0.15) is 45.8 Å². The molecule has 2 N–H and O–H groups in total. The van der Waals surface area contributed by atoms with Gasteiger partial charge in [0.05, 0.1) is 11.7 Å². The average Bonchev–Trinajstić information content (AvgIpc) is 2.36. The van der Waals surface area contributed by atoms with Crippen LogP contribution in [0.2, 0.25) is 0 Å². The zero-order valence-electron chi connectivity index (χ0n) is 11.2. The van der Waals surface area contributed by atoms with Gasteiger partial charge in [-0.25, -0.2) is 0 Å². The Morgan fingerprint density at radius 1 is 1.12 bits per heavy atom. The minimum atomic E-state index is -0.824. The van der Waals surface area contributed by atoms with Crippen molar-refractivity contribution in [2.45, 2.75) is 45.8 Å². The fraction of sp³-hybridized carbons (Fsp3) is 0.600. The molecule has 0 aliphatic rings. The summed E-state index contributed by atoms with van der Waals surface area (Å²) in [5.41, 5.74) is 0.0439. The Morgan fingerprint density at radius 3 is 2.06 bits per heavy atom. The van der Waals surface area contributed by atoms with Crippen LogP contribution in [0.25, 0.3) is 0 Å². The van der Waals surface area contributed by atoms with E-state index in [2.05, 4.69) is 0 Å². The lowest BCUT2D eigenvalue weighted by Gasteiger charge is -2.39. The second-order valence-electron chi connectivity index (χ2n) is 5.14. The Labute approximate surface area is 104 Å². The van der Waals surface area contributed by atoms with Gasteiger partial charge in [0.2, 0.25) is 0 Å². The molecule has 0 saturated carbocycles. The molecule has 0 aromatic heterocycles. The summed E-state index contributed by atoms with van der Waals surface area (Å²) in [7, 11) is 0. The van der Waals surface area contributed by atoms with E-state index in [-0.39, 0.29) is 11.8 Å². The van der Waals surface area contributed by atoms with E-state index in [0.29, 0.717) is 6.42 Å². The molecule has 0 spiro atoms. The molecule has 2 heteroatoms. The van der Waals surface area contributed by atoms with Crippen LogP contribution in [-0.2, 0) is 0 Å². The maximum atomic E-state index is 10.6. The molecule has 1 aromatic carbocycles. The van der Waals surface area contributed by atoms with E-state index in [4.69, 9.17) is 0 Å². The van der Waals surface area contributed by atoms with E-state index in [1.54, 1.807) is 0 Å². The summed E-state index contributed by atoms with van der Waals surface area (Å²) < 4.78 is 0. The Hall–Kier alpha value is -0.860. The molecule has 1 rings (SSSR count). The number of rotatable bonds is 5. The zero-order chi connectivity index (χ0) is 13.1. The third kappa shape index (κ3) is 2.88. The second-order valence-corrected chi connectivity index (χ2v) is 5.14. The van der Waals surface area contributed by atoms with Crippen molar-refractivity contribution in [2.75, 3.05) is 0 Å². The van der Waals surface area contributed by atoms with Gasteiger partial charge < -0.3 is 10.2 Å². The maximum Gasteiger partial charge on any atom is 0.0843 e. The Morgan fingerprint density at radius 2 is 1.65 bits per heavy atom. The van der Waals surface area contributed by atoms with Gasteiger partial charge in [0.25, 0.3) is 0 Å². The summed E-state index contributed by atoms with van der Waals surface area (Å²) in [6.45, 7) is 7.88. The Balaban J connectivity index is 2.93. The van der Waals surface area contributed by atoms with Crippen molar-refractivity contribution in [3.05, 3.63) is 35.9 Å². The van der Waals surface area contributed by atoms with E-state index >= 15 is 0 Å². The molecule has 3 atom stereocenters. The highest BCUT2D eigenvalue weighted by Crippen LogP contribution is 2.37. The van der Waals surface area contributed by atoms with Crippen molar-refractivity contribution in [2.24, 2.45) is 11.8 Å². The molecule has 17 heavy (non-hydrogen) atoms. The highest BCUT2D eigenvalue weighted by molar-refractivity contribution is 5.18. The van der Waals surface area contributed by atoms with Crippen LogP contribution >= 0.6 is 0 Å². The molecule has 0 bridgehead atoms. The van der Waals surface area contributed by atoms with E-state index in [0.717, 1.165) is 5.56 Å². The van der Waals surface area contributed by atoms with E-state index < -0.39 is 11.7 Å². The molecule has 0 unspecified atom stereocenters. The molecule has 0 saturated heterocycles. The smallest absolute Gasteiger partial charge is 0.0843 e. The molecule has 1 aromatic rings. The number of hydrogen-bond acceptors (Lipinski definition) is 2. The Bertz CT molecular complexity index is 334. The summed E-state index contributed by atoms with van der Waals surface area (Å²) in [5, 5.41) is 21.0. The highest BCUT2D eigenvalue weighted by Gasteiger charge is 2.39. The fourth-order valence-electron chi connectivity index (χ4n) is 2.47.